The molecule has 0 bridgehead atoms. The van der Waals surface area contributed by atoms with Crippen molar-refractivity contribution >= 4 is 11.6 Å². The fraction of sp³-hybridized carbons (Fsp3) is 0.800. The number of halogens is 1. The summed E-state index contributed by atoms with van der Waals surface area (Å²) in [6.07, 6.45) is 2.95. The van der Waals surface area contributed by atoms with Crippen molar-refractivity contribution in [3.63, 3.8) is 0 Å². The van der Waals surface area contributed by atoms with Gasteiger partial charge in [-0.15, -0.1) is 16.7 Å². The second-order valence-corrected chi connectivity index (χ2v) is 2.37. The van der Waals surface area contributed by atoms with Gasteiger partial charge in [-0.25, -0.2) is 5.10 Å². The van der Waals surface area contributed by atoms with Gasteiger partial charge in [0.1, 0.15) is 5.82 Å². The van der Waals surface area contributed by atoms with Crippen molar-refractivity contribution in [1.29, 1.82) is 0 Å². The zero-order valence-electron chi connectivity index (χ0n) is 5.55. The van der Waals surface area contributed by atoms with Crippen LogP contribution in [0.2, 0.25) is 0 Å². The van der Waals surface area contributed by atoms with E-state index >= 15 is 0 Å². The van der Waals surface area contributed by atoms with Gasteiger partial charge in [-0.2, -0.15) is 0 Å². The minimum atomic E-state index is 0.710. The van der Waals surface area contributed by atoms with E-state index in [2.05, 4.69) is 20.6 Å². The summed E-state index contributed by atoms with van der Waals surface area (Å²) >= 11 is 5.48. The number of tetrazole rings is 1. The van der Waals surface area contributed by atoms with Gasteiger partial charge < -0.3 is 0 Å². The predicted octanol–water partition coefficient (Wildman–Crippen LogP) is 0.761. The van der Waals surface area contributed by atoms with Crippen molar-refractivity contribution in [3.8, 4) is 0 Å². The van der Waals surface area contributed by atoms with E-state index in [9.17, 15) is 0 Å². The number of rotatable bonds is 4. The number of hydrogen-bond donors (Lipinski definition) is 1. The van der Waals surface area contributed by atoms with E-state index in [-0.39, 0.29) is 0 Å². The van der Waals surface area contributed by atoms with E-state index < -0.39 is 0 Å². The zero-order valence-corrected chi connectivity index (χ0v) is 6.30. The number of aromatic amines is 1. The second-order valence-electron chi connectivity index (χ2n) is 1.99. The molecule has 0 amide bonds. The minimum absolute atomic E-state index is 0.710. The summed E-state index contributed by atoms with van der Waals surface area (Å²) in [5.74, 6) is 1.55. The normalized spacial score (nSPS) is 10.1. The van der Waals surface area contributed by atoms with Gasteiger partial charge >= 0.3 is 0 Å². The Kier molecular flexibility index (Phi) is 3.15. The van der Waals surface area contributed by atoms with Gasteiger partial charge in [0.25, 0.3) is 0 Å². The highest BCUT2D eigenvalue weighted by molar-refractivity contribution is 6.17. The SMILES string of the molecule is ClCCCCc1nnn[nH]1. The molecule has 0 unspecified atom stereocenters. The summed E-state index contributed by atoms with van der Waals surface area (Å²) in [6.45, 7) is 0. The maximum absolute atomic E-state index is 5.48. The molecule has 0 aliphatic heterocycles. The number of aromatic nitrogens is 4. The Balaban J connectivity index is 2.15. The zero-order chi connectivity index (χ0) is 7.23. The van der Waals surface area contributed by atoms with Crippen LogP contribution in [0.1, 0.15) is 18.7 Å². The third-order valence-electron chi connectivity index (χ3n) is 1.19. The molecular formula is C5H9ClN4. The molecule has 0 aliphatic carbocycles. The lowest BCUT2D eigenvalue weighted by molar-refractivity contribution is 0.758. The Morgan fingerprint density at radius 3 is 2.90 bits per heavy atom. The van der Waals surface area contributed by atoms with Crippen LogP contribution in [0.5, 0.6) is 0 Å². The maximum atomic E-state index is 5.48. The van der Waals surface area contributed by atoms with Crippen LogP contribution >= 0.6 is 11.6 Å². The lowest BCUT2D eigenvalue weighted by Gasteiger charge is -1.90. The third kappa shape index (κ3) is 2.31. The van der Waals surface area contributed by atoms with Crippen molar-refractivity contribution in [3.05, 3.63) is 5.82 Å². The quantitative estimate of drug-likeness (QED) is 0.523. The molecule has 1 rings (SSSR count). The summed E-state index contributed by atoms with van der Waals surface area (Å²) < 4.78 is 0. The first-order valence-electron chi connectivity index (χ1n) is 3.22. The first kappa shape index (κ1) is 7.47. The van der Waals surface area contributed by atoms with Crippen LogP contribution in [0.4, 0.5) is 0 Å². The Labute approximate surface area is 64.0 Å². The fourth-order valence-corrected chi connectivity index (χ4v) is 0.861. The average Bonchev–Trinajstić information content (AvgIpc) is 2.41. The molecule has 0 fully saturated rings. The maximum Gasteiger partial charge on any atom is 0.148 e. The van der Waals surface area contributed by atoms with E-state index in [1.165, 1.54) is 0 Å². The van der Waals surface area contributed by atoms with Gasteiger partial charge in [0.15, 0.2) is 0 Å². The van der Waals surface area contributed by atoms with Crippen molar-refractivity contribution in [2.24, 2.45) is 0 Å². The van der Waals surface area contributed by atoms with Crippen LogP contribution < -0.4 is 0 Å². The van der Waals surface area contributed by atoms with Crippen LogP contribution in [-0.2, 0) is 6.42 Å². The molecule has 0 spiro atoms. The molecule has 10 heavy (non-hydrogen) atoms. The molecule has 0 aromatic carbocycles. The first-order valence-corrected chi connectivity index (χ1v) is 3.75. The summed E-state index contributed by atoms with van der Waals surface area (Å²) in [6, 6.07) is 0. The molecule has 0 aliphatic rings. The summed E-state index contributed by atoms with van der Waals surface area (Å²) in [4.78, 5) is 0. The lowest BCUT2D eigenvalue weighted by atomic mass is 10.2. The molecule has 0 saturated carbocycles. The first-order chi connectivity index (χ1) is 4.93. The van der Waals surface area contributed by atoms with E-state index in [4.69, 9.17) is 11.6 Å². The van der Waals surface area contributed by atoms with Gasteiger partial charge in [0, 0.05) is 12.3 Å². The molecule has 1 N–H and O–H groups in total. The average molecular weight is 161 g/mol. The number of aryl methyl sites for hydroxylation is 1. The molecule has 0 atom stereocenters. The minimum Gasteiger partial charge on any atom is -0.243 e. The third-order valence-corrected chi connectivity index (χ3v) is 1.45. The number of H-pyrrole nitrogens is 1. The van der Waals surface area contributed by atoms with Crippen molar-refractivity contribution < 1.29 is 0 Å². The van der Waals surface area contributed by atoms with E-state index in [1.54, 1.807) is 0 Å². The highest BCUT2D eigenvalue weighted by atomic mass is 35.5. The summed E-state index contributed by atoms with van der Waals surface area (Å²) in [5.41, 5.74) is 0. The molecule has 0 radical (unpaired) electrons. The van der Waals surface area contributed by atoms with E-state index in [0.717, 1.165) is 25.1 Å². The molecule has 1 aromatic rings. The predicted molar refractivity (Wildman–Crippen MR) is 37.8 cm³/mol. The Bertz CT molecular complexity index is 162. The monoisotopic (exact) mass is 160 g/mol. The van der Waals surface area contributed by atoms with E-state index in [0.29, 0.717) is 5.88 Å². The smallest absolute Gasteiger partial charge is 0.148 e. The molecule has 4 nitrogen and oxygen atoms in total. The van der Waals surface area contributed by atoms with Crippen LogP contribution in [0, 0.1) is 0 Å². The highest BCUT2D eigenvalue weighted by Gasteiger charge is 1.94. The standard InChI is InChI=1S/C5H9ClN4/c6-4-2-1-3-5-7-9-10-8-5/h1-4H2,(H,7,8,9,10). The number of hydrogen-bond acceptors (Lipinski definition) is 3. The van der Waals surface area contributed by atoms with Gasteiger partial charge in [0.05, 0.1) is 0 Å². The number of alkyl halides is 1. The molecule has 1 aromatic heterocycles. The highest BCUT2D eigenvalue weighted by Crippen LogP contribution is 1.97. The topological polar surface area (TPSA) is 54.5 Å². The molecule has 5 heteroatoms. The van der Waals surface area contributed by atoms with Crippen LogP contribution in [0.3, 0.4) is 0 Å². The molecule has 0 saturated heterocycles. The molecular weight excluding hydrogens is 152 g/mol. The van der Waals surface area contributed by atoms with E-state index in [1.807, 2.05) is 0 Å². The van der Waals surface area contributed by atoms with Crippen LogP contribution in [0.15, 0.2) is 0 Å². The van der Waals surface area contributed by atoms with Crippen LogP contribution in [-0.4, -0.2) is 26.5 Å². The van der Waals surface area contributed by atoms with Gasteiger partial charge in [-0.05, 0) is 23.3 Å². The number of nitrogens with zero attached hydrogens (tertiary/aromatic N) is 3. The van der Waals surface area contributed by atoms with Gasteiger partial charge in [-0.3, -0.25) is 0 Å². The van der Waals surface area contributed by atoms with Gasteiger partial charge in [-0.1, -0.05) is 0 Å². The van der Waals surface area contributed by atoms with Crippen molar-refractivity contribution in [2.75, 3.05) is 5.88 Å². The molecule has 1 heterocycles. The fourth-order valence-electron chi connectivity index (χ4n) is 0.672. The summed E-state index contributed by atoms with van der Waals surface area (Å²) in [5, 5.41) is 13.3. The van der Waals surface area contributed by atoms with Crippen molar-refractivity contribution in [1.82, 2.24) is 20.6 Å². The second kappa shape index (κ2) is 4.22. The van der Waals surface area contributed by atoms with Crippen LogP contribution in [0.25, 0.3) is 0 Å². The van der Waals surface area contributed by atoms with Gasteiger partial charge in [0.2, 0.25) is 0 Å². The van der Waals surface area contributed by atoms with Crippen molar-refractivity contribution in [2.45, 2.75) is 19.3 Å². The number of unbranched alkanes of at least 4 members (excludes halogenated alkanes) is 1. The largest absolute Gasteiger partial charge is 0.243 e. The Morgan fingerprint density at radius 1 is 1.40 bits per heavy atom. The molecule has 56 valence electrons. The number of nitrogens with one attached hydrogen (secondary N) is 1. The lowest BCUT2D eigenvalue weighted by Crippen LogP contribution is -1.88. The Hall–Kier alpha value is -0.640. The summed E-state index contributed by atoms with van der Waals surface area (Å²) in [7, 11) is 0. The Morgan fingerprint density at radius 2 is 2.30 bits per heavy atom.